The summed E-state index contributed by atoms with van der Waals surface area (Å²) in [6.45, 7) is 4.74. The minimum absolute atomic E-state index is 0.00634. The summed E-state index contributed by atoms with van der Waals surface area (Å²) < 4.78 is 11.7. The zero-order chi connectivity index (χ0) is 26.5. The Morgan fingerprint density at radius 1 is 0.919 bits per heavy atom. The summed E-state index contributed by atoms with van der Waals surface area (Å²) >= 11 is 0. The van der Waals surface area contributed by atoms with E-state index >= 15 is 0 Å². The van der Waals surface area contributed by atoms with Crippen LogP contribution in [0.3, 0.4) is 0 Å². The standard InChI is InChI=1S/C30H32N2O5/c1-20(2)36-24-15-13-21(14-16-24)28(33)26-27(32(18-17-31(3)4)30(35)29(26)34)22-9-8-12-25(19-22)37-23-10-6-5-7-11-23/h5-16,19-20,27,33H,17-18H2,1-4H3/b28-26+/t27-/m1/s1. The van der Waals surface area contributed by atoms with Crippen LogP contribution in [0.5, 0.6) is 17.2 Å². The van der Waals surface area contributed by atoms with Gasteiger partial charge in [-0.2, -0.15) is 0 Å². The van der Waals surface area contributed by atoms with Crippen molar-refractivity contribution in [3.05, 3.63) is 95.6 Å². The Hall–Kier alpha value is -4.10. The quantitative estimate of drug-likeness (QED) is 0.246. The molecule has 37 heavy (non-hydrogen) atoms. The third kappa shape index (κ3) is 6.01. The predicted molar refractivity (Wildman–Crippen MR) is 143 cm³/mol. The molecule has 1 fully saturated rings. The number of ether oxygens (including phenoxy) is 2. The number of likely N-dealkylation sites (tertiary alicyclic amines) is 1. The van der Waals surface area contributed by atoms with E-state index < -0.39 is 17.7 Å². The van der Waals surface area contributed by atoms with Crippen LogP contribution in [0.15, 0.2) is 84.4 Å². The topological polar surface area (TPSA) is 79.3 Å². The highest BCUT2D eigenvalue weighted by Gasteiger charge is 2.46. The van der Waals surface area contributed by atoms with Crippen molar-refractivity contribution in [2.45, 2.75) is 26.0 Å². The van der Waals surface area contributed by atoms with Crippen molar-refractivity contribution in [1.29, 1.82) is 0 Å². The van der Waals surface area contributed by atoms with E-state index in [-0.39, 0.29) is 17.4 Å². The summed E-state index contributed by atoms with van der Waals surface area (Å²) in [6, 6.07) is 22.7. The zero-order valence-electron chi connectivity index (χ0n) is 21.5. The van der Waals surface area contributed by atoms with E-state index in [4.69, 9.17) is 9.47 Å². The molecule has 0 saturated carbocycles. The lowest BCUT2D eigenvalue weighted by Gasteiger charge is -2.27. The number of rotatable bonds is 9. The maximum Gasteiger partial charge on any atom is 0.295 e. The number of aliphatic hydroxyl groups excluding tert-OH is 1. The molecule has 3 aromatic carbocycles. The Morgan fingerprint density at radius 3 is 2.24 bits per heavy atom. The number of nitrogens with zero attached hydrogens (tertiary/aromatic N) is 2. The highest BCUT2D eigenvalue weighted by atomic mass is 16.5. The van der Waals surface area contributed by atoms with Gasteiger partial charge in [0.15, 0.2) is 0 Å². The number of carbonyl (C=O) groups is 2. The number of hydrogen-bond donors (Lipinski definition) is 1. The molecule has 0 spiro atoms. The molecule has 1 amide bonds. The third-order valence-electron chi connectivity index (χ3n) is 5.98. The number of carbonyl (C=O) groups excluding carboxylic acids is 2. The van der Waals surface area contributed by atoms with Crippen LogP contribution >= 0.6 is 0 Å². The second kappa shape index (κ2) is 11.3. The van der Waals surface area contributed by atoms with Gasteiger partial charge in [-0.05, 0) is 82.0 Å². The number of Topliss-reactive ketones (excluding diaryl/α,β-unsaturated/α-hetero) is 1. The van der Waals surface area contributed by atoms with Crippen LogP contribution in [0.25, 0.3) is 5.76 Å². The number of amides is 1. The highest BCUT2D eigenvalue weighted by molar-refractivity contribution is 6.46. The third-order valence-corrected chi connectivity index (χ3v) is 5.98. The van der Waals surface area contributed by atoms with Gasteiger partial charge in [-0.25, -0.2) is 0 Å². The molecule has 1 saturated heterocycles. The van der Waals surface area contributed by atoms with E-state index in [1.807, 2.05) is 81.4 Å². The number of para-hydroxylation sites is 1. The normalized spacial score (nSPS) is 17.0. The fraction of sp³-hybridized carbons (Fsp3) is 0.267. The van der Waals surface area contributed by atoms with Crippen LogP contribution in [0.2, 0.25) is 0 Å². The van der Waals surface area contributed by atoms with Gasteiger partial charge in [0.25, 0.3) is 11.7 Å². The first-order valence-corrected chi connectivity index (χ1v) is 12.3. The fourth-order valence-electron chi connectivity index (χ4n) is 4.26. The summed E-state index contributed by atoms with van der Waals surface area (Å²) in [7, 11) is 3.81. The van der Waals surface area contributed by atoms with Crippen molar-refractivity contribution in [1.82, 2.24) is 9.80 Å². The van der Waals surface area contributed by atoms with E-state index in [1.54, 1.807) is 30.3 Å². The molecule has 1 aliphatic heterocycles. The van der Waals surface area contributed by atoms with E-state index in [0.29, 0.717) is 41.5 Å². The van der Waals surface area contributed by atoms with Gasteiger partial charge >= 0.3 is 0 Å². The molecule has 0 unspecified atom stereocenters. The van der Waals surface area contributed by atoms with Gasteiger partial charge in [0, 0.05) is 18.7 Å². The molecule has 7 heteroatoms. The molecule has 1 atom stereocenters. The monoisotopic (exact) mass is 500 g/mol. The second-order valence-electron chi connectivity index (χ2n) is 9.47. The van der Waals surface area contributed by atoms with Gasteiger partial charge in [-0.3, -0.25) is 9.59 Å². The van der Waals surface area contributed by atoms with Crippen LogP contribution in [-0.4, -0.2) is 59.9 Å². The molecule has 0 radical (unpaired) electrons. The summed E-state index contributed by atoms with van der Waals surface area (Å²) in [6.07, 6.45) is 0.00634. The van der Waals surface area contributed by atoms with Crippen LogP contribution in [0.4, 0.5) is 0 Å². The van der Waals surface area contributed by atoms with Crippen molar-refractivity contribution in [2.24, 2.45) is 0 Å². The molecule has 1 heterocycles. The average molecular weight is 501 g/mol. The van der Waals surface area contributed by atoms with Gasteiger partial charge in [0.1, 0.15) is 23.0 Å². The minimum atomic E-state index is -0.758. The largest absolute Gasteiger partial charge is 0.507 e. The summed E-state index contributed by atoms with van der Waals surface area (Å²) in [4.78, 5) is 29.9. The number of likely N-dealkylation sites (N-methyl/N-ethyl adjacent to an activating group) is 1. The predicted octanol–water partition coefficient (Wildman–Crippen LogP) is 5.25. The lowest BCUT2D eigenvalue weighted by molar-refractivity contribution is -0.140. The Morgan fingerprint density at radius 2 is 1.59 bits per heavy atom. The second-order valence-corrected chi connectivity index (χ2v) is 9.47. The molecule has 4 rings (SSSR count). The van der Waals surface area contributed by atoms with Crippen LogP contribution < -0.4 is 9.47 Å². The van der Waals surface area contributed by atoms with Crippen molar-refractivity contribution < 1.29 is 24.2 Å². The minimum Gasteiger partial charge on any atom is -0.507 e. The summed E-state index contributed by atoms with van der Waals surface area (Å²) in [5.41, 5.74) is 1.16. The van der Waals surface area contributed by atoms with Crippen LogP contribution in [0, 0.1) is 0 Å². The van der Waals surface area contributed by atoms with Gasteiger partial charge in [0.2, 0.25) is 0 Å². The Kier molecular flexibility index (Phi) is 7.94. The molecule has 1 N–H and O–H groups in total. The number of aliphatic hydroxyl groups is 1. The first-order chi connectivity index (χ1) is 17.7. The lowest BCUT2D eigenvalue weighted by atomic mass is 9.95. The molecular formula is C30H32N2O5. The SMILES string of the molecule is CC(C)Oc1ccc(/C(O)=C2\C(=O)C(=O)N(CCN(C)C)[C@@H]2c2cccc(Oc3ccccc3)c2)cc1. The van der Waals surface area contributed by atoms with Crippen molar-refractivity contribution in [3.8, 4) is 17.2 Å². The molecule has 3 aromatic rings. The Labute approximate surface area is 217 Å². The molecule has 0 bridgehead atoms. The molecule has 0 aliphatic carbocycles. The maximum atomic E-state index is 13.3. The first-order valence-electron chi connectivity index (χ1n) is 12.3. The highest BCUT2D eigenvalue weighted by Crippen LogP contribution is 2.40. The molecule has 0 aromatic heterocycles. The van der Waals surface area contributed by atoms with E-state index in [0.717, 1.165) is 0 Å². The molecule has 7 nitrogen and oxygen atoms in total. The Balaban J connectivity index is 1.76. The van der Waals surface area contributed by atoms with Gasteiger partial charge in [-0.15, -0.1) is 0 Å². The number of ketones is 1. The van der Waals surface area contributed by atoms with Gasteiger partial charge < -0.3 is 24.4 Å². The summed E-state index contributed by atoms with van der Waals surface area (Å²) in [5, 5.41) is 11.3. The zero-order valence-corrected chi connectivity index (χ0v) is 21.5. The van der Waals surface area contributed by atoms with E-state index in [1.165, 1.54) is 4.90 Å². The lowest BCUT2D eigenvalue weighted by Crippen LogP contribution is -2.35. The fourth-order valence-corrected chi connectivity index (χ4v) is 4.26. The van der Waals surface area contributed by atoms with E-state index in [9.17, 15) is 14.7 Å². The Bertz CT molecular complexity index is 1280. The van der Waals surface area contributed by atoms with Gasteiger partial charge in [-0.1, -0.05) is 30.3 Å². The van der Waals surface area contributed by atoms with E-state index in [2.05, 4.69) is 0 Å². The number of hydrogen-bond acceptors (Lipinski definition) is 6. The summed E-state index contributed by atoms with van der Waals surface area (Å²) in [5.74, 6) is 0.323. The maximum absolute atomic E-state index is 13.3. The van der Waals surface area contributed by atoms with Crippen molar-refractivity contribution in [2.75, 3.05) is 27.2 Å². The van der Waals surface area contributed by atoms with Crippen molar-refractivity contribution >= 4 is 17.4 Å². The van der Waals surface area contributed by atoms with Crippen molar-refractivity contribution in [3.63, 3.8) is 0 Å². The molecule has 1 aliphatic rings. The smallest absolute Gasteiger partial charge is 0.295 e. The van der Waals surface area contributed by atoms with Gasteiger partial charge in [0.05, 0.1) is 17.7 Å². The molecule has 192 valence electrons. The average Bonchev–Trinajstić information content (AvgIpc) is 3.13. The van der Waals surface area contributed by atoms with Crippen LogP contribution in [-0.2, 0) is 9.59 Å². The first kappa shape index (κ1) is 26.0. The number of benzene rings is 3. The molecular weight excluding hydrogens is 468 g/mol. The van der Waals surface area contributed by atoms with Crippen LogP contribution in [0.1, 0.15) is 31.0 Å².